The van der Waals surface area contributed by atoms with E-state index in [0.29, 0.717) is 5.75 Å². The van der Waals surface area contributed by atoms with E-state index < -0.39 is 22.0 Å². The Balaban J connectivity index is 1.80. The van der Waals surface area contributed by atoms with E-state index in [1.165, 1.54) is 4.90 Å². The van der Waals surface area contributed by atoms with Crippen LogP contribution in [0.15, 0.2) is 84.9 Å². The highest BCUT2D eigenvalue weighted by atomic mass is 32.2. The van der Waals surface area contributed by atoms with Gasteiger partial charge in [0, 0.05) is 25.2 Å². The Hall–Kier alpha value is -3.69. The lowest BCUT2D eigenvalue weighted by Gasteiger charge is -2.31. The second-order valence-corrected chi connectivity index (χ2v) is 10.7. The van der Waals surface area contributed by atoms with Gasteiger partial charge in [0.1, 0.15) is 11.8 Å². The molecular weight excluding hydrogens is 490 g/mol. The molecule has 0 fully saturated rings. The minimum atomic E-state index is -3.69. The molecule has 0 spiro atoms. The predicted molar refractivity (Wildman–Crippen MR) is 143 cm³/mol. The Bertz CT molecular complexity index is 1280. The van der Waals surface area contributed by atoms with E-state index in [-0.39, 0.29) is 32.1 Å². The van der Waals surface area contributed by atoms with Crippen LogP contribution in [0.5, 0.6) is 5.75 Å². The first kappa shape index (κ1) is 27.9. The van der Waals surface area contributed by atoms with Gasteiger partial charge in [0.2, 0.25) is 21.8 Å². The van der Waals surface area contributed by atoms with Crippen molar-refractivity contribution in [3.63, 3.8) is 0 Å². The summed E-state index contributed by atoms with van der Waals surface area (Å²) in [6.45, 7) is 1.69. The fraction of sp³-hybridized carbons (Fsp3) is 0.286. The summed E-state index contributed by atoms with van der Waals surface area (Å²) in [5.74, 6) is -0.174. The maximum absolute atomic E-state index is 13.5. The number of amides is 2. The van der Waals surface area contributed by atoms with Crippen LogP contribution in [-0.2, 0) is 39.2 Å². The maximum Gasteiger partial charge on any atom is 0.242 e. The van der Waals surface area contributed by atoms with Crippen LogP contribution in [0, 0.1) is 0 Å². The molecule has 0 aliphatic rings. The summed E-state index contributed by atoms with van der Waals surface area (Å²) < 4.78 is 31.6. The van der Waals surface area contributed by atoms with E-state index in [1.54, 1.807) is 26.2 Å². The van der Waals surface area contributed by atoms with Crippen molar-refractivity contribution in [3.8, 4) is 5.75 Å². The molecule has 3 rings (SSSR count). The lowest BCUT2D eigenvalue weighted by atomic mass is 10.1. The summed E-state index contributed by atoms with van der Waals surface area (Å²) in [6, 6.07) is 24.9. The molecule has 0 saturated heterocycles. The third-order valence-electron chi connectivity index (χ3n) is 5.99. The Morgan fingerprint density at radius 2 is 1.41 bits per heavy atom. The normalized spacial score (nSPS) is 12.1. The summed E-state index contributed by atoms with van der Waals surface area (Å²) in [7, 11) is -2.13. The van der Waals surface area contributed by atoms with Gasteiger partial charge in [-0.2, -0.15) is 4.31 Å². The predicted octanol–water partition coefficient (Wildman–Crippen LogP) is 3.19. The van der Waals surface area contributed by atoms with Gasteiger partial charge in [-0.25, -0.2) is 8.42 Å². The number of sulfonamides is 1. The number of nitrogens with zero attached hydrogens (tertiary/aromatic N) is 2. The number of ether oxygens (including phenoxy) is 1. The molecule has 0 bridgehead atoms. The summed E-state index contributed by atoms with van der Waals surface area (Å²) >= 11 is 0. The molecule has 196 valence electrons. The molecule has 3 aromatic rings. The number of hydrogen-bond donors (Lipinski definition) is 1. The van der Waals surface area contributed by atoms with Crippen LogP contribution < -0.4 is 10.1 Å². The molecule has 9 heteroatoms. The molecule has 0 aliphatic heterocycles. The van der Waals surface area contributed by atoms with Gasteiger partial charge in [0.05, 0.1) is 19.9 Å². The van der Waals surface area contributed by atoms with E-state index in [9.17, 15) is 18.0 Å². The average Bonchev–Trinajstić information content (AvgIpc) is 2.90. The van der Waals surface area contributed by atoms with E-state index in [0.717, 1.165) is 27.3 Å². The van der Waals surface area contributed by atoms with Crippen molar-refractivity contribution in [2.24, 2.45) is 0 Å². The van der Waals surface area contributed by atoms with Crippen molar-refractivity contribution in [1.29, 1.82) is 0 Å². The first-order valence-corrected chi connectivity index (χ1v) is 13.8. The van der Waals surface area contributed by atoms with E-state index in [2.05, 4.69) is 5.32 Å². The molecular formula is C28H33N3O5S. The summed E-state index contributed by atoms with van der Waals surface area (Å²) in [5, 5.41) is 2.87. The first-order valence-electron chi connectivity index (χ1n) is 11.9. The quantitative estimate of drug-likeness (QED) is 0.393. The SMILES string of the molecule is COc1ccccc1CNC(=O)[C@H](C)N(Cc1ccccc1)C(=O)CN(Cc1ccccc1)S(C)(=O)=O. The summed E-state index contributed by atoms with van der Waals surface area (Å²) in [6.07, 6.45) is 1.08. The molecule has 0 aromatic heterocycles. The van der Waals surface area contributed by atoms with Crippen molar-refractivity contribution in [3.05, 3.63) is 102 Å². The number of rotatable bonds is 12. The highest BCUT2D eigenvalue weighted by molar-refractivity contribution is 7.88. The van der Waals surface area contributed by atoms with Gasteiger partial charge >= 0.3 is 0 Å². The minimum Gasteiger partial charge on any atom is -0.496 e. The lowest BCUT2D eigenvalue weighted by Crippen LogP contribution is -2.50. The van der Waals surface area contributed by atoms with Crippen molar-refractivity contribution in [2.75, 3.05) is 19.9 Å². The van der Waals surface area contributed by atoms with Gasteiger partial charge in [0.25, 0.3) is 0 Å². The highest BCUT2D eigenvalue weighted by Gasteiger charge is 2.30. The summed E-state index contributed by atoms with van der Waals surface area (Å²) in [4.78, 5) is 28.1. The third kappa shape index (κ3) is 8.16. The first-order chi connectivity index (χ1) is 17.7. The zero-order valence-electron chi connectivity index (χ0n) is 21.3. The third-order valence-corrected chi connectivity index (χ3v) is 7.19. The highest BCUT2D eigenvalue weighted by Crippen LogP contribution is 2.18. The fourth-order valence-corrected chi connectivity index (χ4v) is 4.59. The van der Waals surface area contributed by atoms with Crippen LogP contribution in [0.2, 0.25) is 0 Å². The van der Waals surface area contributed by atoms with Crippen LogP contribution in [0.25, 0.3) is 0 Å². The Morgan fingerprint density at radius 1 is 0.865 bits per heavy atom. The maximum atomic E-state index is 13.5. The van der Waals surface area contributed by atoms with Gasteiger partial charge in [-0.15, -0.1) is 0 Å². The van der Waals surface area contributed by atoms with Crippen molar-refractivity contribution in [2.45, 2.75) is 32.6 Å². The molecule has 0 aliphatic carbocycles. The van der Waals surface area contributed by atoms with Gasteiger partial charge in [-0.1, -0.05) is 78.9 Å². The van der Waals surface area contributed by atoms with Gasteiger partial charge in [-0.05, 0) is 24.1 Å². The standard InChI is InChI=1S/C28H33N3O5S/c1-22(28(33)29-18-25-16-10-11-17-26(25)36-2)31(20-24-14-8-5-9-15-24)27(32)21-30(37(3,34)35)19-23-12-6-4-7-13-23/h4-17,22H,18-21H2,1-3H3,(H,29,33)/t22-/m0/s1. The number of methoxy groups -OCH3 is 1. The van der Waals surface area contributed by atoms with E-state index in [1.807, 2.05) is 72.8 Å². The Kier molecular flexibility index (Phi) is 9.82. The molecule has 0 unspecified atom stereocenters. The zero-order valence-corrected chi connectivity index (χ0v) is 22.1. The zero-order chi connectivity index (χ0) is 26.8. The lowest BCUT2D eigenvalue weighted by molar-refractivity contribution is -0.140. The minimum absolute atomic E-state index is 0.0545. The molecule has 3 aromatic carbocycles. The molecule has 2 amide bonds. The second-order valence-electron chi connectivity index (χ2n) is 8.73. The molecule has 0 heterocycles. The van der Waals surface area contributed by atoms with Crippen molar-refractivity contribution >= 4 is 21.8 Å². The van der Waals surface area contributed by atoms with Crippen LogP contribution in [0.3, 0.4) is 0 Å². The second kappa shape index (κ2) is 13.0. The van der Waals surface area contributed by atoms with Crippen LogP contribution in [-0.4, -0.2) is 55.4 Å². The largest absolute Gasteiger partial charge is 0.496 e. The van der Waals surface area contributed by atoms with Crippen LogP contribution in [0.1, 0.15) is 23.6 Å². The molecule has 8 nitrogen and oxygen atoms in total. The van der Waals surface area contributed by atoms with Gasteiger partial charge in [0.15, 0.2) is 0 Å². The van der Waals surface area contributed by atoms with Crippen LogP contribution in [0.4, 0.5) is 0 Å². The summed E-state index contributed by atoms with van der Waals surface area (Å²) in [5.41, 5.74) is 2.39. The molecule has 0 radical (unpaired) electrons. The van der Waals surface area contributed by atoms with Gasteiger partial charge in [-0.3, -0.25) is 9.59 Å². The van der Waals surface area contributed by atoms with E-state index in [4.69, 9.17) is 4.74 Å². The molecule has 1 N–H and O–H groups in total. The van der Waals surface area contributed by atoms with Crippen LogP contribution >= 0.6 is 0 Å². The van der Waals surface area contributed by atoms with E-state index >= 15 is 0 Å². The topological polar surface area (TPSA) is 96.0 Å². The number of hydrogen-bond acceptors (Lipinski definition) is 5. The Labute approximate surface area is 218 Å². The smallest absolute Gasteiger partial charge is 0.242 e. The van der Waals surface area contributed by atoms with Crippen molar-refractivity contribution < 1.29 is 22.7 Å². The molecule has 37 heavy (non-hydrogen) atoms. The number of carbonyl (C=O) groups is 2. The monoisotopic (exact) mass is 523 g/mol. The van der Waals surface area contributed by atoms with Crippen molar-refractivity contribution in [1.82, 2.24) is 14.5 Å². The number of benzene rings is 3. The average molecular weight is 524 g/mol. The van der Waals surface area contributed by atoms with Gasteiger partial charge < -0.3 is 15.0 Å². The number of para-hydroxylation sites is 1. The number of nitrogens with one attached hydrogen (secondary N) is 1. The fourth-order valence-electron chi connectivity index (χ4n) is 3.86. The number of carbonyl (C=O) groups excluding carboxylic acids is 2. The molecule has 1 atom stereocenters. The Morgan fingerprint density at radius 3 is 1.97 bits per heavy atom. The molecule has 0 saturated carbocycles.